The van der Waals surface area contributed by atoms with Gasteiger partial charge >= 0.3 is 0 Å². The Morgan fingerprint density at radius 2 is 1.96 bits per heavy atom. The van der Waals surface area contributed by atoms with Gasteiger partial charge in [-0.25, -0.2) is 4.39 Å². The van der Waals surface area contributed by atoms with Crippen LogP contribution in [0, 0.1) is 12.7 Å². The molecule has 1 fully saturated rings. The van der Waals surface area contributed by atoms with Gasteiger partial charge in [0.1, 0.15) is 5.82 Å². The summed E-state index contributed by atoms with van der Waals surface area (Å²) in [5.41, 5.74) is 4.58. The van der Waals surface area contributed by atoms with Crippen molar-refractivity contribution in [3.05, 3.63) is 70.5 Å². The Morgan fingerprint density at radius 1 is 1.15 bits per heavy atom. The van der Waals surface area contributed by atoms with E-state index < -0.39 is 0 Å². The number of likely N-dealkylation sites (tertiary alicyclic amines) is 1. The van der Waals surface area contributed by atoms with E-state index in [0.29, 0.717) is 24.4 Å². The molecule has 0 aromatic heterocycles. The van der Waals surface area contributed by atoms with Crippen molar-refractivity contribution in [2.75, 3.05) is 19.6 Å². The lowest BCUT2D eigenvalue weighted by Gasteiger charge is -2.33. The highest BCUT2D eigenvalue weighted by Gasteiger charge is 2.31. The number of aryl methyl sites for hydroxylation is 2. The molecule has 1 unspecified atom stereocenters. The Morgan fingerprint density at radius 3 is 2.78 bits per heavy atom. The number of benzene rings is 2. The Kier molecular flexibility index (Phi) is 5.26. The van der Waals surface area contributed by atoms with Crippen LogP contribution in [0.3, 0.4) is 0 Å². The van der Waals surface area contributed by atoms with Crippen LogP contribution in [0.25, 0.3) is 0 Å². The number of hydrogen-bond donors (Lipinski definition) is 0. The number of rotatable bonds is 4. The lowest BCUT2D eigenvalue weighted by Crippen LogP contribution is -2.41. The van der Waals surface area contributed by atoms with Gasteiger partial charge in [-0.2, -0.15) is 0 Å². The first-order chi connectivity index (χ1) is 13.1. The maximum Gasteiger partial charge on any atom is 0.222 e. The molecule has 1 amide bonds. The molecule has 142 valence electrons. The van der Waals surface area contributed by atoms with E-state index >= 15 is 0 Å². The zero-order chi connectivity index (χ0) is 18.8. The van der Waals surface area contributed by atoms with E-state index in [-0.39, 0.29) is 11.7 Å². The minimum absolute atomic E-state index is 0.185. The Bertz CT molecular complexity index is 835. The summed E-state index contributed by atoms with van der Waals surface area (Å²) in [5, 5.41) is 0. The van der Waals surface area contributed by atoms with Gasteiger partial charge in [-0.1, -0.05) is 36.4 Å². The third-order valence-corrected chi connectivity index (χ3v) is 6.04. The van der Waals surface area contributed by atoms with Crippen molar-refractivity contribution in [3.8, 4) is 0 Å². The topological polar surface area (TPSA) is 23.6 Å². The van der Waals surface area contributed by atoms with Crippen LogP contribution in [-0.2, 0) is 24.2 Å². The summed E-state index contributed by atoms with van der Waals surface area (Å²) in [6.07, 6.45) is 3.34. The molecule has 4 heteroatoms. The molecular formula is C23H27FN2O. The van der Waals surface area contributed by atoms with Crippen molar-refractivity contribution in [2.24, 2.45) is 0 Å². The van der Waals surface area contributed by atoms with Gasteiger partial charge in [-0.3, -0.25) is 9.69 Å². The average Bonchev–Trinajstić information content (AvgIpc) is 3.18. The van der Waals surface area contributed by atoms with Crippen molar-refractivity contribution in [1.29, 1.82) is 0 Å². The third kappa shape index (κ3) is 4.06. The summed E-state index contributed by atoms with van der Waals surface area (Å²) < 4.78 is 13.4. The van der Waals surface area contributed by atoms with Crippen LogP contribution in [-0.4, -0.2) is 41.4 Å². The molecule has 0 bridgehead atoms. The van der Waals surface area contributed by atoms with Crippen LogP contribution in [0.4, 0.5) is 4.39 Å². The number of carbonyl (C=O) groups is 1. The lowest BCUT2D eigenvalue weighted by atomic mass is 9.98. The first-order valence-corrected chi connectivity index (χ1v) is 9.94. The van der Waals surface area contributed by atoms with Crippen LogP contribution < -0.4 is 0 Å². The summed E-state index contributed by atoms with van der Waals surface area (Å²) in [7, 11) is 0. The van der Waals surface area contributed by atoms with E-state index in [1.54, 1.807) is 13.0 Å². The molecular weight excluding hydrogens is 339 g/mol. The number of nitrogens with zero attached hydrogens (tertiary/aromatic N) is 2. The Labute approximate surface area is 160 Å². The van der Waals surface area contributed by atoms with Crippen molar-refractivity contribution >= 4 is 5.91 Å². The average molecular weight is 366 g/mol. The van der Waals surface area contributed by atoms with Crippen LogP contribution in [0.15, 0.2) is 42.5 Å². The van der Waals surface area contributed by atoms with Crippen LogP contribution in [0.1, 0.15) is 35.1 Å². The maximum atomic E-state index is 13.4. The first kappa shape index (κ1) is 18.2. The van der Waals surface area contributed by atoms with E-state index in [0.717, 1.165) is 44.6 Å². The zero-order valence-corrected chi connectivity index (χ0v) is 16.0. The van der Waals surface area contributed by atoms with Crippen LogP contribution in [0.2, 0.25) is 0 Å². The van der Waals surface area contributed by atoms with Gasteiger partial charge in [0, 0.05) is 38.6 Å². The van der Waals surface area contributed by atoms with Gasteiger partial charge < -0.3 is 4.90 Å². The van der Waals surface area contributed by atoms with Crippen LogP contribution >= 0.6 is 0 Å². The predicted octanol–water partition coefficient (Wildman–Crippen LogP) is 3.73. The fourth-order valence-corrected chi connectivity index (χ4v) is 4.37. The standard InChI is InChI=1S/C23H27FN2O/c1-17-14-18(6-8-22(17)24)7-9-23(27)26-13-11-21(16-26)25-12-10-19-4-2-3-5-20(19)15-25/h2-6,8,14,21H,7,9-13,15-16H2,1H3. The third-order valence-electron chi connectivity index (χ3n) is 6.04. The van der Waals surface area contributed by atoms with E-state index in [1.807, 2.05) is 11.0 Å². The molecule has 2 aromatic rings. The van der Waals surface area contributed by atoms with Gasteiger partial charge in [-0.05, 0) is 54.5 Å². The molecule has 4 rings (SSSR count). The highest BCUT2D eigenvalue weighted by atomic mass is 19.1. The lowest BCUT2D eigenvalue weighted by molar-refractivity contribution is -0.130. The molecule has 27 heavy (non-hydrogen) atoms. The first-order valence-electron chi connectivity index (χ1n) is 9.94. The van der Waals surface area contributed by atoms with Crippen molar-refractivity contribution in [3.63, 3.8) is 0 Å². The van der Waals surface area contributed by atoms with Gasteiger partial charge in [0.15, 0.2) is 0 Å². The second-order valence-corrected chi connectivity index (χ2v) is 7.85. The largest absolute Gasteiger partial charge is 0.341 e. The van der Waals surface area contributed by atoms with Crippen LogP contribution in [0.5, 0.6) is 0 Å². The SMILES string of the molecule is Cc1cc(CCC(=O)N2CCC(N3CCc4ccccc4C3)C2)ccc1F. The second kappa shape index (κ2) is 7.81. The zero-order valence-electron chi connectivity index (χ0n) is 16.0. The number of halogens is 1. The predicted molar refractivity (Wildman–Crippen MR) is 105 cm³/mol. The van der Waals surface area contributed by atoms with Gasteiger partial charge in [0.2, 0.25) is 5.91 Å². The molecule has 1 saturated heterocycles. The minimum Gasteiger partial charge on any atom is -0.341 e. The van der Waals surface area contributed by atoms with Crippen molar-refractivity contribution in [1.82, 2.24) is 9.80 Å². The molecule has 1 atom stereocenters. The normalized spacial score (nSPS) is 19.9. The van der Waals surface area contributed by atoms with Gasteiger partial charge in [0.25, 0.3) is 0 Å². The highest BCUT2D eigenvalue weighted by Crippen LogP contribution is 2.25. The molecule has 2 aliphatic rings. The number of carbonyl (C=O) groups excluding carboxylic acids is 1. The molecule has 0 spiro atoms. The quantitative estimate of drug-likeness (QED) is 0.823. The highest BCUT2D eigenvalue weighted by molar-refractivity contribution is 5.76. The van der Waals surface area contributed by atoms with Gasteiger partial charge in [0.05, 0.1) is 0 Å². The molecule has 3 nitrogen and oxygen atoms in total. The van der Waals surface area contributed by atoms with Crippen molar-refractivity contribution < 1.29 is 9.18 Å². The summed E-state index contributed by atoms with van der Waals surface area (Å²) in [5.74, 6) is 0.0347. The number of amides is 1. The number of hydrogen-bond acceptors (Lipinski definition) is 2. The van der Waals surface area contributed by atoms with E-state index in [1.165, 1.54) is 17.2 Å². The molecule has 0 aliphatic carbocycles. The molecule has 0 N–H and O–H groups in total. The van der Waals surface area contributed by atoms with E-state index in [4.69, 9.17) is 0 Å². The summed E-state index contributed by atoms with van der Waals surface area (Å²) in [6.45, 7) is 5.53. The van der Waals surface area contributed by atoms with Crippen molar-refractivity contribution in [2.45, 2.75) is 45.2 Å². The Hall–Kier alpha value is -2.20. The van der Waals surface area contributed by atoms with E-state index in [9.17, 15) is 9.18 Å². The molecule has 2 aliphatic heterocycles. The van der Waals surface area contributed by atoms with E-state index in [2.05, 4.69) is 29.2 Å². The summed E-state index contributed by atoms with van der Waals surface area (Å²) in [4.78, 5) is 17.2. The molecule has 0 radical (unpaired) electrons. The smallest absolute Gasteiger partial charge is 0.222 e. The second-order valence-electron chi connectivity index (χ2n) is 7.85. The Balaban J connectivity index is 1.30. The fraction of sp³-hybridized carbons (Fsp3) is 0.435. The van der Waals surface area contributed by atoms with Gasteiger partial charge in [-0.15, -0.1) is 0 Å². The summed E-state index contributed by atoms with van der Waals surface area (Å²) >= 11 is 0. The molecule has 2 aromatic carbocycles. The summed E-state index contributed by atoms with van der Waals surface area (Å²) in [6, 6.07) is 14.3. The fourth-order valence-electron chi connectivity index (χ4n) is 4.37. The minimum atomic E-state index is -0.185. The molecule has 0 saturated carbocycles. The maximum absolute atomic E-state index is 13.4. The molecule has 2 heterocycles. The monoisotopic (exact) mass is 366 g/mol. The number of fused-ring (bicyclic) bond motifs is 1.